The fraction of sp³-hybridized carbons (Fsp3) is 0.0769. The number of methoxy groups -OCH3 is 1. The van der Waals surface area contributed by atoms with Crippen LogP contribution in [0.2, 0.25) is 0 Å². The molecule has 0 aliphatic heterocycles. The van der Waals surface area contributed by atoms with Crippen LogP contribution in [0.15, 0.2) is 47.4 Å². The number of ether oxygens (including phenoxy) is 1. The fourth-order valence-electron chi connectivity index (χ4n) is 1.72. The van der Waals surface area contributed by atoms with E-state index in [9.17, 15) is 23.6 Å². The zero-order valence-electron chi connectivity index (χ0n) is 11.4. The van der Waals surface area contributed by atoms with Gasteiger partial charge in [-0.25, -0.2) is 8.42 Å². The molecular formula is C13H12N2O6S. The largest absolute Gasteiger partial charge is 0.503 e. The van der Waals surface area contributed by atoms with Crippen molar-refractivity contribution in [2.24, 2.45) is 0 Å². The zero-order chi connectivity index (χ0) is 16.3. The van der Waals surface area contributed by atoms with Crippen molar-refractivity contribution >= 4 is 21.4 Å². The van der Waals surface area contributed by atoms with E-state index in [1.165, 1.54) is 25.3 Å². The van der Waals surface area contributed by atoms with Crippen molar-refractivity contribution in [1.29, 1.82) is 0 Å². The maximum Gasteiger partial charge on any atom is 0.269 e. The van der Waals surface area contributed by atoms with E-state index in [0.717, 1.165) is 24.3 Å². The van der Waals surface area contributed by atoms with Crippen LogP contribution in [0.1, 0.15) is 0 Å². The number of nitrogens with zero attached hydrogens (tertiary/aromatic N) is 1. The molecule has 0 atom stereocenters. The van der Waals surface area contributed by atoms with Crippen LogP contribution in [0.5, 0.6) is 11.5 Å². The van der Waals surface area contributed by atoms with Gasteiger partial charge in [-0.05, 0) is 24.3 Å². The van der Waals surface area contributed by atoms with Crippen LogP contribution in [0, 0.1) is 10.1 Å². The maximum atomic E-state index is 12.2. The quantitative estimate of drug-likeness (QED) is 0.494. The molecule has 0 saturated carbocycles. The highest BCUT2D eigenvalue weighted by Gasteiger charge is 2.18. The molecule has 0 spiro atoms. The second-order valence-corrected chi connectivity index (χ2v) is 5.90. The number of para-hydroxylation sites is 1. The maximum absolute atomic E-state index is 12.2. The van der Waals surface area contributed by atoms with E-state index >= 15 is 0 Å². The van der Waals surface area contributed by atoms with E-state index in [1.807, 2.05) is 0 Å². The molecular weight excluding hydrogens is 312 g/mol. The van der Waals surface area contributed by atoms with Crippen LogP contribution < -0.4 is 9.46 Å². The van der Waals surface area contributed by atoms with E-state index < -0.39 is 14.9 Å². The molecule has 0 heterocycles. The van der Waals surface area contributed by atoms with Gasteiger partial charge in [0.1, 0.15) is 0 Å². The van der Waals surface area contributed by atoms with Crippen molar-refractivity contribution in [2.75, 3.05) is 11.8 Å². The van der Waals surface area contributed by atoms with E-state index in [1.54, 1.807) is 0 Å². The monoisotopic (exact) mass is 324 g/mol. The molecule has 0 aromatic heterocycles. The molecule has 0 bridgehead atoms. The Labute approximate surface area is 126 Å². The van der Waals surface area contributed by atoms with Gasteiger partial charge in [0.15, 0.2) is 11.5 Å². The molecule has 8 nitrogen and oxygen atoms in total. The summed E-state index contributed by atoms with van der Waals surface area (Å²) >= 11 is 0. The highest BCUT2D eigenvalue weighted by atomic mass is 32.2. The number of hydrogen-bond acceptors (Lipinski definition) is 6. The molecule has 116 valence electrons. The minimum absolute atomic E-state index is 0.0577. The Hall–Kier alpha value is -2.81. The molecule has 0 unspecified atom stereocenters. The van der Waals surface area contributed by atoms with Crippen LogP contribution in [0.25, 0.3) is 0 Å². The predicted octanol–water partition coefficient (Wildman–Crippen LogP) is 2.11. The number of nitro groups is 1. The van der Waals surface area contributed by atoms with E-state index in [0.29, 0.717) is 0 Å². The second-order valence-electron chi connectivity index (χ2n) is 4.21. The van der Waals surface area contributed by atoms with Crippen molar-refractivity contribution < 1.29 is 23.2 Å². The summed E-state index contributed by atoms with van der Waals surface area (Å²) < 4.78 is 31.5. The smallest absolute Gasteiger partial charge is 0.269 e. The van der Waals surface area contributed by atoms with Gasteiger partial charge in [0.05, 0.1) is 22.6 Å². The highest BCUT2D eigenvalue weighted by molar-refractivity contribution is 7.92. The number of non-ortho nitro benzene ring substituents is 1. The first kappa shape index (κ1) is 15.6. The third-order valence-electron chi connectivity index (χ3n) is 2.82. The number of nitrogens with one attached hydrogen (secondary N) is 1. The van der Waals surface area contributed by atoms with E-state index in [-0.39, 0.29) is 27.8 Å². The van der Waals surface area contributed by atoms with Crippen molar-refractivity contribution in [3.63, 3.8) is 0 Å². The lowest BCUT2D eigenvalue weighted by Gasteiger charge is -2.11. The summed E-state index contributed by atoms with van der Waals surface area (Å²) in [6, 6.07) is 8.72. The molecule has 2 aromatic rings. The average molecular weight is 324 g/mol. The normalized spacial score (nSPS) is 11.0. The topological polar surface area (TPSA) is 119 Å². The van der Waals surface area contributed by atoms with Gasteiger partial charge < -0.3 is 9.84 Å². The zero-order valence-corrected chi connectivity index (χ0v) is 12.2. The fourth-order valence-corrected chi connectivity index (χ4v) is 2.79. The molecule has 0 fully saturated rings. The number of aromatic hydroxyl groups is 1. The highest BCUT2D eigenvalue weighted by Crippen LogP contribution is 2.34. The summed E-state index contributed by atoms with van der Waals surface area (Å²) in [5.74, 6) is -0.237. The van der Waals surface area contributed by atoms with Gasteiger partial charge in [-0.15, -0.1) is 0 Å². The van der Waals surface area contributed by atoms with Gasteiger partial charge in [-0.1, -0.05) is 6.07 Å². The third-order valence-corrected chi connectivity index (χ3v) is 4.20. The summed E-state index contributed by atoms with van der Waals surface area (Å²) in [5.41, 5.74) is -0.277. The number of benzene rings is 2. The molecule has 2 aromatic carbocycles. The van der Waals surface area contributed by atoms with Gasteiger partial charge in [-0.3, -0.25) is 14.8 Å². The Morgan fingerprint density at radius 3 is 2.36 bits per heavy atom. The number of nitro benzene ring substituents is 1. The van der Waals surface area contributed by atoms with Gasteiger partial charge in [0.25, 0.3) is 15.7 Å². The van der Waals surface area contributed by atoms with E-state index in [4.69, 9.17) is 4.74 Å². The first-order valence-electron chi connectivity index (χ1n) is 5.98. The lowest BCUT2D eigenvalue weighted by Crippen LogP contribution is -2.13. The first-order valence-corrected chi connectivity index (χ1v) is 7.46. The molecule has 0 radical (unpaired) electrons. The summed E-state index contributed by atoms with van der Waals surface area (Å²) in [7, 11) is -2.65. The van der Waals surface area contributed by atoms with Gasteiger partial charge >= 0.3 is 0 Å². The Morgan fingerprint density at radius 2 is 1.82 bits per heavy atom. The number of phenolic OH excluding ortho intramolecular Hbond substituents is 1. The molecule has 2 rings (SSSR count). The Morgan fingerprint density at radius 1 is 1.18 bits per heavy atom. The van der Waals surface area contributed by atoms with Gasteiger partial charge in [0, 0.05) is 12.1 Å². The lowest BCUT2D eigenvalue weighted by molar-refractivity contribution is -0.384. The third kappa shape index (κ3) is 3.09. The molecule has 22 heavy (non-hydrogen) atoms. The molecule has 9 heteroatoms. The van der Waals surface area contributed by atoms with Gasteiger partial charge in [-0.2, -0.15) is 0 Å². The van der Waals surface area contributed by atoms with Gasteiger partial charge in [0.2, 0.25) is 0 Å². The predicted molar refractivity (Wildman–Crippen MR) is 78.6 cm³/mol. The van der Waals surface area contributed by atoms with Crippen molar-refractivity contribution in [1.82, 2.24) is 0 Å². The second kappa shape index (κ2) is 5.90. The number of hydrogen-bond donors (Lipinski definition) is 2. The first-order chi connectivity index (χ1) is 10.3. The van der Waals surface area contributed by atoms with Crippen LogP contribution in [0.4, 0.5) is 11.4 Å². The van der Waals surface area contributed by atoms with Crippen LogP contribution in [-0.2, 0) is 10.0 Å². The van der Waals surface area contributed by atoms with Crippen molar-refractivity contribution in [3.05, 3.63) is 52.6 Å². The Bertz CT molecular complexity index is 802. The number of anilines is 1. The Balaban J connectivity index is 2.34. The number of sulfonamides is 1. The van der Waals surface area contributed by atoms with Crippen LogP contribution in [0.3, 0.4) is 0 Å². The summed E-state index contributed by atoms with van der Waals surface area (Å²) in [6.07, 6.45) is 0. The molecule has 0 aliphatic carbocycles. The SMILES string of the molecule is COc1cccc(NS(=O)(=O)c2ccc([N+](=O)[O-])cc2)c1O. The average Bonchev–Trinajstić information content (AvgIpc) is 2.49. The van der Waals surface area contributed by atoms with E-state index in [2.05, 4.69) is 4.72 Å². The summed E-state index contributed by atoms with van der Waals surface area (Å²) in [5, 5.41) is 20.4. The molecule has 2 N–H and O–H groups in total. The number of phenols is 1. The van der Waals surface area contributed by atoms with Crippen LogP contribution >= 0.6 is 0 Å². The Kier molecular flexibility index (Phi) is 4.18. The van der Waals surface area contributed by atoms with Crippen molar-refractivity contribution in [2.45, 2.75) is 4.90 Å². The standard InChI is InChI=1S/C13H12N2O6S/c1-21-12-4-2-3-11(13(12)16)14-22(19,20)10-7-5-9(6-8-10)15(17)18/h2-8,14,16H,1H3. The van der Waals surface area contributed by atoms with Crippen molar-refractivity contribution in [3.8, 4) is 11.5 Å². The molecule has 0 amide bonds. The lowest BCUT2D eigenvalue weighted by atomic mass is 10.3. The minimum Gasteiger partial charge on any atom is -0.503 e. The summed E-state index contributed by atoms with van der Waals surface area (Å²) in [6.45, 7) is 0. The van der Waals surface area contributed by atoms with Crippen LogP contribution in [-0.4, -0.2) is 25.6 Å². The minimum atomic E-state index is -3.99. The summed E-state index contributed by atoms with van der Waals surface area (Å²) in [4.78, 5) is 9.77. The molecule has 0 saturated heterocycles. The number of rotatable bonds is 5. The molecule has 0 aliphatic rings.